The van der Waals surface area contributed by atoms with Crippen LogP contribution in [0.5, 0.6) is 0 Å². The lowest BCUT2D eigenvalue weighted by atomic mass is 10.2. The summed E-state index contributed by atoms with van der Waals surface area (Å²) in [7, 11) is 0. The topological polar surface area (TPSA) is 58.6 Å². The van der Waals surface area contributed by atoms with E-state index in [4.69, 9.17) is 9.84 Å². The van der Waals surface area contributed by atoms with Gasteiger partial charge in [-0.2, -0.15) is 0 Å². The van der Waals surface area contributed by atoms with Gasteiger partial charge < -0.3 is 15.2 Å². The van der Waals surface area contributed by atoms with Crippen molar-refractivity contribution in [3.63, 3.8) is 0 Å². The maximum Gasteiger partial charge on any atom is 0.407 e. The van der Waals surface area contributed by atoms with Crippen LogP contribution < -0.4 is 5.32 Å². The Kier molecular flexibility index (Phi) is 7.39. The SMILES string of the molecule is CC(C)OC(=O)NCCCCCO. The summed E-state index contributed by atoms with van der Waals surface area (Å²) in [6, 6.07) is 0. The third-order valence-corrected chi connectivity index (χ3v) is 1.45. The molecule has 0 saturated carbocycles. The van der Waals surface area contributed by atoms with Gasteiger partial charge in [-0.05, 0) is 33.1 Å². The molecule has 0 aromatic carbocycles. The molecule has 13 heavy (non-hydrogen) atoms. The number of aliphatic hydroxyl groups excluding tert-OH is 1. The minimum Gasteiger partial charge on any atom is -0.447 e. The van der Waals surface area contributed by atoms with E-state index in [-0.39, 0.29) is 18.8 Å². The summed E-state index contributed by atoms with van der Waals surface area (Å²) in [5.41, 5.74) is 0. The smallest absolute Gasteiger partial charge is 0.407 e. The van der Waals surface area contributed by atoms with E-state index in [1.54, 1.807) is 0 Å². The first-order valence-corrected chi connectivity index (χ1v) is 4.72. The fourth-order valence-corrected chi connectivity index (χ4v) is 0.860. The molecule has 0 bridgehead atoms. The first-order valence-electron chi connectivity index (χ1n) is 4.72. The molecular formula is C9H19NO3. The van der Waals surface area contributed by atoms with Crippen LogP contribution in [0.2, 0.25) is 0 Å². The molecule has 0 aromatic rings. The maximum absolute atomic E-state index is 10.9. The highest BCUT2D eigenvalue weighted by molar-refractivity contribution is 5.67. The second kappa shape index (κ2) is 7.86. The van der Waals surface area contributed by atoms with Gasteiger partial charge in [0, 0.05) is 13.2 Å². The van der Waals surface area contributed by atoms with Crippen LogP contribution in [-0.2, 0) is 4.74 Å². The number of rotatable bonds is 6. The van der Waals surface area contributed by atoms with Crippen LogP contribution in [-0.4, -0.2) is 30.5 Å². The predicted molar refractivity (Wildman–Crippen MR) is 50.6 cm³/mol. The minimum absolute atomic E-state index is 0.0718. The molecule has 78 valence electrons. The molecule has 0 rings (SSSR count). The van der Waals surface area contributed by atoms with Gasteiger partial charge in [0.15, 0.2) is 0 Å². The lowest BCUT2D eigenvalue weighted by molar-refractivity contribution is 0.115. The molecule has 0 spiro atoms. The summed E-state index contributed by atoms with van der Waals surface area (Å²) in [6.07, 6.45) is 2.17. The van der Waals surface area contributed by atoms with Crippen molar-refractivity contribution >= 4 is 6.09 Å². The number of unbranched alkanes of at least 4 members (excludes halogenated alkanes) is 2. The summed E-state index contributed by atoms with van der Waals surface area (Å²) in [6.45, 7) is 4.46. The number of carbonyl (C=O) groups excluding carboxylic acids is 1. The quantitative estimate of drug-likeness (QED) is 0.619. The van der Waals surface area contributed by atoms with E-state index in [9.17, 15) is 4.79 Å². The standard InChI is InChI=1S/C9H19NO3/c1-8(2)13-9(12)10-6-4-3-5-7-11/h8,11H,3-7H2,1-2H3,(H,10,12). The Morgan fingerprint density at radius 1 is 1.38 bits per heavy atom. The molecule has 0 aliphatic carbocycles. The first-order chi connectivity index (χ1) is 6.16. The largest absolute Gasteiger partial charge is 0.447 e. The zero-order valence-corrected chi connectivity index (χ0v) is 8.38. The zero-order valence-electron chi connectivity index (χ0n) is 8.38. The van der Waals surface area contributed by atoms with Crippen LogP contribution in [0.25, 0.3) is 0 Å². The van der Waals surface area contributed by atoms with Crippen molar-refractivity contribution in [2.24, 2.45) is 0 Å². The molecular weight excluding hydrogens is 170 g/mol. The molecule has 1 amide bonds. The van der Waals surface area contributed by atoms with Gasteiger partial charge in [0.05, 0.1) is 6.10 Å². The van der Waals surface area contributed by atoms with Gasteiger partial charge in [0.2, 0.25) is 0 Å². The normalized spacial score (nSPS) is 10.2. The fraction of sp³-hybridized carbons (Fsp3) is 0.889. The minimum atomic E-state index is -0.362. The molecule has 0 radical (unpaired) electrons. The third-order valence-electron chi connectivity index (χ3n) is 1.45. The van der Waals surface area contributed by atoms with E-state index in [0.29, 0.717) is 6.54 Å². The molecule has 0 unspecified atom stereocenters. The Hall–Kier alpha value is -0.770. The van der Waals surface area contributed by atoms with Crippen LogP contribution in [0.1, 0.15) is 33.1 Å². The number of alkyl carbamates (subject to hydrolysis) is 1. The van der Waals surface area contributed by atoms with Gasteiger partial charge in [-0.25, -0.2) is 4.79 Å². The molecule has 4 nitrogen and oxygen atoms in total. The summed E-state index contributed by atoms with van der Waals surface area (Å²) in [5.74, 6) is 0. The highest BCUT2D eigenvalue weighted by atomic mass is 16.6. The number of hydrogen-bond acceptors (Lipinski definition) is 3. The second-order valence-corrected chi connectivity index (χ2v) is 3.17. The van der Waals surface area contributed by atoms with E-state index < -0.39 is 0 Å². The van der Waals surface area contributed by atoms with Crippen molar-refractivity contribution in [3.05, 3.63) is 0 Å². The van der Waals surface area contributed by atoms with E-state index in [1.807, 2.05) is 13.8 Å². The van der Waals surface area contributed by atoms with Crippen molar-refractivity contribution in [1.82, 2.24) is 5.32 Å². The Morgan fingerprint density at radius 2 is 2.08 bits per heavy atom. The Bertz CT molecular complexity index is 137. The molecule has 0 fully saturated rings. The average Bonchev–Trinajstić information content (AvgIpc) is 2.02. The molecule has 0 atom stereocenters. The second-order valence-electron chi connectivity index (χ2n) is 3.17. The molecule has 2 N–H and O–H groups in total. The van der Waals surface area contributed by atoms with Gasteiger partial charge in [-0.3, -0.25) is 0 Å². The zero-order chi connectivity index (χ0) is 10.1. The van der Waals surface area contributed by atoms with Crippen molar-refractivity contribution in [2.45, 2.75) is 39.2 Å². The number of hydrogen-bond donors (Lipinski definition) is 2. The summed E-state index contributed by atoms with van der Waals surface area (Å²) < 4.78 is 4.86. The Balaban J connectivity index is 3.17. The summed E-state index contributed by atoms with van der Waals surface area (Å²) in [4.78, 5) is 10.9. The lowest BCUT2D eigenvalue weighted by Crippen LogP contribution is -2.27. The number of ether oxygens (including phenoxy) is 1. The van der Waals surface area contributed by atoms with Crippen LogP contribution in [0.15, 0.2) is 0 Å². The van der Waals surface area contributed by atoms with E-state index in [1.165, 1.54) is 0 Å². The van der Waals surface area contributed by atoms with Crippen molar-refractivity contribution in [3.8, 4) is 0 Å². The summed E-state index contributed by atoms with van der Waals surface area (Å²) in [5, 5.41) is 11.1. The van der Waals surface area contributed by atoms with E-state index in [2.05, 4.69) is 5.32 Å². The maximum atomic E-state index is 10.9. The fourth-order valence-electron chi connectivity index (χ4n) is 0.860. The predicted octanol–water partition coefficient (Wildman–Crippen LogP) is 1.28. The number of amides is 1. The third kappa shape index (κ3) is 9.14. The molecule has 0 aliphatic rings. The van der Waals surface area contributed by atoms with Gasteiger partial charge in [0.25, 0.3) is 0 Å². The first kappa shape index (κ1) is 12.2. The van der Waals surface area contributed by atoms with Gasteiger partial charge >= 0.3 is 6.09 Å². The molecule has 0 aliphatic heterocycles. The van der Waals surface area contributed by atoms with Crippen LogP contribution >= 0.6 is 0 Å². The monoisotopic (exact) mass is 189 g/mol. The van der Waals surface area contributed by atoms with Crippen molar-refractivity contribution < 1.29 is 14.6 Å². The Morgan fingerprint density at radius 3 is 2.62 bits per heavy atom. The van der Waals surface area contributed by atoms with Gasteiger partial charge in [-0.15, -0.1) is 0 Å². The Labute approximate surface area is 79.3 Å². The molecule has 4 heteroatoms. The lowest BCUT2D eigenvalue weighted by Gasteiger charge is -2.08. The highest BCUT2D eigenvalue weighted by Gasteiger charge is 2.02. The number of nitrogens with one attached hydrogen (secondary N) is 1. The highest BCUT2D eigenvalue weighted by Crippen LogP contribution is 1.93. The van der Waals surface area contributed by atoms with Crippen LogP contribution in [0.3, 0.4) is 0 Å². The summed E-state index contributed by atoms with van der Waals surface area (Å²) >= 11 is 0. The van der Waals surface area contributed by atoms with E-state index in [0.717, 1.165) is 19.3 Å². The van der Waals surface area contributed by atoms with Gasteiger partial charge in [0.1, 0.15) is 0 Å². The average molecular weight is 189 g/mol. The van der Waals surface area contributed by atoms with Crippen molar-refractivity contribution in [2.75, 3.05) is 13.2 Å². The van der Waals surface area contributed by atoms with Crippen LogP contribution in [0, 0.1) is 0 Å². The molecule has 0 saturated heterocycles. The van der Waals surface area contributed by atoms with Crippen molar-refractivity contribution in [1.29, 1.82) is 0 Å². The molecule has 0 heterocycles. The van der Waals surface area contributed by atoms with Gasteiger partial charge in [-0.1, -0.05) is 0 Å². The van der Waals surface area contributed by atoms with E-state index >= 15 is 0 Å². The number of aliphatic hydroxyl groups is 1. The molecule has 0 aromatic heterocycles. The number of carbonyl (C=O) groups is 1. The van der Waals surface area contributed by atoms with Crippen LogP contribution in [0.4, 0.5) is 4.79 Å².